The Labute approximate surface area is 236 Å². The molecule has 9 heteroatoms. The van der Waals surface area contributed by atoms with E-state index in [4.69, 9.17) is 0 Å². The van der Waals surface area contributed by atoms with Crippen LogP contribution in [0.4, 0.5) is 20.6 Å². The molecule has 2 aromatic rings. The number of urea groups is 1. The van der Waals surface area contributed by atoms with Crippen molar-refractivity contribution in [3.05, 3.63) is 59.4 Å². The average molecular weight is 552 g/mol. The van der Waals surface area contributed by atoms with E-state index in [9.17, 15) is 18.8 Å². The summed E-state index contributed by atoms with van der Waals surface area (Å²) in [5, 5.41) is 9.07. The van der Waals surface area contributed by atoms with Gasteiger partial charge in [0.2, 0.25) is 5.91 Å². The van der Waals surface area contributed by atoms with Gasteiger partial charge in [-0.1, -0.05) is 45.2 Å². The molecule has 0 bridgehead atoms. The Morgan fingerprint density at radius 2 is 1.68 bits per heavy atom. The summed E-state index contributed by atoms with van der Waals surface area (Å²) in [6.07, 6.45) is 6.83. The highest BCUT2D eigenvalue weighted by Crippen LogP contribution is 2.27. The minimum absolute atomic E-state index is 0.00535. The molecular weight excluding hydrogens is 509 g/mol. The number of anilines is 2. The molecule has 0 spiro atoms. The molecule has 2 fully saturated rings. The van der Waals surface area contributed by atoms with Crippen molar-refractivity contribution in [1.82, 2.24) is 15.5 Å². The van der Waals surface area contributed by atoms with Crippen LogP contribution in [0.15, 0.2) is 42.5 Å². The van der Waals surface area contributed by atoms with Gasteiger partial charge in [-0.3, -0.25) is 9.59 Å². The van der Waals surface area contributed by atoms with Crippen LogP contribution in [0.25, 0.3) is 0 Å². The predicted octanol–water partition coefficient (Wildman–Crippen LogP) is 5.29. The second kappa shape index (κ2) is 14.1. The third kappa shape index (κ3) is 8.44. The summed E-state index contributed by atoms with van der Waals surface area (Å²) in [6, 6.07) is 11.7. The van der Waals surface area contributed by atoms with E-state index in [2.05, 4.69) is 20.9 Å². The smallest absolute Gasteiger partial charge is 0.317 e. The van der Waals surface area contributed by atoms with E-state index in [1.54, 1.807) is 18.2 Å². The van der Waals surface area contributed by atoms with Crippen LogP contribution in [0.2, 0.25) is 0 Å². The molecule has 2 aliphatic rings. The van der Waals surface area contributed by atoms with Gasteiger partial charge in [-0.05, 0) is 61.1 Å². The molecule has 3 N–H and O–H groups in total. The van der Waals surface area contributed by atoms with Crippen molar-refractivity contribution < 1.29 is 18.8 Å². The SMILES string of the molecule is CC(C)CC(=O)Nc1ccc(N2CCCN(C(=O)NC3CCCCC3)CC2)c(C(=O)NCc2ccc(F)cc2)c1. The number of nitrogens with zero attached hydrogens (tertiary/aromatic N) is 2. The van der Waals surface area contributed by atoms with Crippen molar-refractivity contribution in [2.45, 2.75) is 71.4 Å². The molecule has 0 radical (unpaired) electrons. The number of benzene rings is 2. The Kier molecular flexibility index (Phi) is 10.4. The lowest BCUT2D eigenvalue weighted by molar-refractivity contribution is -0.116. The molecule has 1 aliphatic carbocycles. The summed E-state index contributed by atoms with van der Waals surface area (Å²) in [5.74, 6) is -0.497. The molecule has 1 saturated heterocycles. The van der Waals surface area contributed by atoms with E-state index in [0.29, 0.717) is 43.9 Å². The number of hydrogen-bond donors (Lipinski definition) is 3. The van der Waals surface area contributed by atoms with E-state index in [1.165, 1.54) is 31.4 Å². The zero-order chi connectivity index (χ0) is 28.5. The first-order valence-corrected chi connectivity index (χ1v) is 14.6. The topological polar surface area (TPSA) is 93.8 Å². The van der Waals surface area contributed by atoms with Crippen LogP contribution in [-0.2, 0) is 11.3 Å². The van der Waals surface area contributed by atoms with Gasteiger partial charge in [0.25, 0.3) is 5.91 Å². The number of carbonyl (C=O) groups excluding carboxylic acids is 3. The summed E-state index contributed by atoms with van der Waals surface area (Å²) in [7, 11) is 0. The molecule has 0 unspecified atom stereocenters. The quantitative estimate of drug-likeness (QED) is 0.415. The maximum atomic E-state index is 13.4. The van der Waals surface area contributed by atoms with Gasteiger partial charge < -0.3 is 25.8 Å². The Morgan fingerprint density at radius 1 is 0.925 bits per heavy atom. The number of hydrogen-bond acceptors (Lipinski definition) is 4. The maximum Gasteiger partial charge on any atom is 0.317 e. The molecule has 8 nitrogen and oxygen atoms in total. The normalized spacial score (nSPS) is 16.4. The lowest BCUT2D eigenvalue weighted by atomic mass is 9.96. The van der Waals surface area contributed by atoms with E-state index in [-0.39, 0.29) is 42.2 Å². The lowest BCUT2D eigenvalue weighted by Crippen LogP contribution is -2.46. The van der Waals surface area contributed by atoms with Crippen LogP contribution in [0.3, 0.4) is 0 Å². The second-order valence-electron chi connectivity index (χ2n) is 11.3. The molecule has 1 saturated carbocycles. The van der Waals surface area contributed by atoms with Crippen molar-refractivity contribution in [2.75, 3.05) is 36.4 Å². The van der Waals surface area contributed by atoms with Gasteiger partial charge in [-0.15, -0.1) is 0 Å². The number of nitrogens with one attached hydrogen (secondary N) is 3. The summed E-state index contributed by atoms with van der Waals surface area (Å²) in [5.41, 5.74) is 2.55. The highest BCUT2D eigenvalue weighted by Gasteiger charge is 2.25. The van der Waals surface area contributed by atoms with Crippen molar-refractivity contribution in [1.29, 1.82) is 0 Å². The minimum Gasteiger partial charge on any atom is -0.369 e. The van der Waals surface area contributed by atoms with Crippen LogP contribution < -0.4 is 20.9 Å². The summed E-state index contributed by atoms with van der Waals surface area (Å²) < 4.78 is 13.3. The van der Waals surface area contributed by atoms with E-state index < -0.39 is 0 Å². The fourth-order valence-electron chi connectivity index (χ4n) is 5.41. The van der Waals surface area contributed by atoms with Crippen LogP contribution in [-0.4, -0.2) is 55.0 Å². The fourth-order valence-corrected chi connectivity index (χ4v) is 5.41. The predicted molar refractivity (Wildman–Crippen MR) is 156 cm³/mol. The zero-order valence-electron chi connectivity index (χ0n) is 23.7. The summed E-state index contributed by atoms with van der Waals surface area (Å²) in [6.45, 7) is 6.72. The maximum absolute atomic E-state index is 13.4. The second-order valence-corrected chi connectivity index (χ2v) is 11.3. The fraction of sp³-hybridized carbons (Fsp3) is 0.516. The molecule has 4 amide bonds. The van der Waals surface area contributed by atoms with Crippen LogP contribution in [0, 0.1) is 11.7 Å². The number of carbonyl (C=O) groups is 3. The van der Waals surface area contributed by atoms with E-state index in [0.717, 1.165) is 30.5 Å². The van der Waals surface area contributed by atoms with Gasteiger partial charge in [-0.2, -0.15) is 0 Å². The van der Waals surface area contributed by atoms with Gasteiger partial charge in [0.1, 0.15) is 5.82 Å². The first-order valence-electron chi connectivity index (χ1n) is 14.6. The van der Waals surface area contributed by atoms with Gasteiger partial charge >= 0.3 is 6.03 Å². The molecule has 0 atom stereocenters. The largest absolute Gasteiger partial charge is 0.369 e. The monoisotopic (exact) mass is 551 g/mol. The van der Waals surface area contributed by atoms with E-state index >= 15 is 0 Å². The molecular formula is C31H42FN5O3. The summed E-state index contributed by atoms with van der Waals surface area (Å²) in [4.78, 5) is 42.9. The van der Waals surface area contributed by atoms with Crippen molar-refractivity contribution in [2.24, 2.45) is 5.92 Å². The first-order chi connectivity index (χ1) is 19.3. The van der Waals surface area contributed by atoms with Crippen molar-refractivity contribution in [3.8, 4) is 0 Å². The average Bonchev–Trinajstić information content (AvgIpc) is 3.19. The molecule has 216 valence electrons. The Morgan fingerprint density at radius 3 is 2.40 bits per heavy atom. The first kappa shape index (κ1) is 29.4. The molecule has 1 heterocycles. The van der Waals surface area contributed by atoms with Crippen LogP contribution in [0.5, 0.6) is 0 Å². The van der Waals surface area contributed by atoms with Crippen LogP contribution >= 0.6 is 0 Å². The van der Waals surface area contributed by atoms with Gasteiger partial charge in [0.05, 0.1) is 5.56 Å². The van der Waals surface area contributed by atoms with Crippen LogP contribution in [0.1, 0.15) is 74.7 Å². The molecule has 4 rings (SSSR count). The number of amides is 4. The Balaban J connectivity index is 1.47. The highest BCUT2D eigenvalue weighted by atomic mass is 19.1. The van der Waals surface area contributed by atoms with Gasteiger partial charge in [0, 0.05) is 56.6 Å². The van der Waals surface area contributed by atoms with E-state index in [1.807, 2.05) is 30.9 Å². The Bertz CT molecular complexity index is 1160. The van der Waals surface area contributed by atoms with Crippen molar-refractivity contribution in [3.63, 3.8) is 0 Å². The Hall–Kier alpha value is -3.62. The third-order valence-electron chi connectivity index (χ3n) is 7.54. The number of rotatable bonds is 8. The molecule has 2 aromatic carbocycles. The standard InChI is InChI=1S/C31H42FN5O3/c1-22(2)19-29(38)34-26-13-14-28(27(20-26)30(39)33-21-23-9-11-24(32)12-10-23)36-15-6-16-37(18-17-36)31(40)35-25-7-4-3-5-8-25/h9-14,20,22,25H,3-8,15-19,21H2,1-2H3,(H,33,39)(H,34,38)(H,35,40). The highest BCUT2D eigenvalue weighted by molar-refractivity contribution is 6.02. The molecule has 1 aliphatic heterocycles. The summed E-state index contributed by atoms with van der Waals surface area (Å²) >= 11 is 0. The lowest BCUT2D eigenvalue weighted by Gasteiger charge is -2.28. The zero-order valence-corrected chi connectivity index (χ0v) is 23.7. The molecule has 40 heavy (non-hydrogen) atoms. The van der Waals surface area contributed by atoms with Gasteiger partial charge in [0.15, 0.2) is 0 Å². The number of halogens is 1. The molecule has 0 aromatic heterocycles. The van der Waals surface area contributed by atoms with Gasteiger partial charge in [-0.25, -0.2) is 9.18 Å². The van der Waals surface area contributed by atoms with Crippen molar-refractivity contribution >= 4 is 29.2 Å². The minimum atomic E-state index is -0.329. The third-order valence-corrected chi connectivity index (χ3v) is 7.54.